The molecule has 0 aliphatic carbocycles. The number of aliphatic hydroxyl groups excluding tert-OH is 1. The van der Waals surface area contributed by atoms with Gasteiger partial charge in [0.1, 0.15) is 23.3 Å². The lowest BCUT2D eigenvalue weighted by molar-refractivity contribution is -0.163. The Morgan fingerprint density at radius 1 is 1.26 bits per heavy atom. The zero-order chi connectivity index (χ0) is 30.8. The topological polar surface area (TPSA) is 106 Å². The van der Waals surface area contributed by atoms with Crippen LogP contribution in [0.5, 0.6) is 5.75 Å². The second-order valence-electron chi connectivity index (χ2n) is 12.1. The van der Waals surface area contributed by atoms with Crippen LogP contribution in [0, 0.1) is 23.7 Å². The van der Waals surface area contributed by atoms with Gasteiger partial charge < -0.3 is 29.1 Å². The smallest absolute Gasteiger partial charge is 0.312 e. The van der Waals surface area contributed by atoms with Crippen LogP contribution < -0.4 is 9.64 Å². The molecule has 3 aliphatic rings. The highest BCUT2D eigenvalue weighted by molar-refractivity contribution is 6.05. The minimum absolute atomic E-state index is 0.104. The van der Waals surface area contributed by atoms with E-state index in [2.05, 4.69) is 13.2 Å². The number of allylic oxidation sites excluding steroid dienone is 1. The molecule has 3 aliphatic heterocycles. The average Bonchev–Trinajstić information content (AvgIpc) is 3.50. The first-order valence-corrected chi connectivity index (χ1v) is 15.0. The van der Waals surface area contributed by atoms with E-state index in [0.29, 0.717) is 37.1 Å². The highest BCUT2D eigenvalue weighted by Crippen LogP contribution is 2.66. The number of amides is 2. The molecule has 2 amide bonds. The number of aliphatic hydroxyl groups is 1. The van der Waals surface area contributed by atoms with Crippen molar-refractivity contribution in [1.29, 1.82) is 0 Å². The summed E-state index contributed by atoms with van der Waals surface area (Å²) in [5, 5.41) is 10.6. The van der Waals surface area contributed by atoms with Crippen molar-refractivity contribution in [2.75, 3.05) is 31.8 Å². The summed E-state index contributed by atoms with van der Waals surface area (Å²) in [6.07, 6.45) is 5.85. The number of carbonyl (C=O) groups excluding carboxylic acids is 3. The molecule has 42 heavy (non-hydrogen) atoms. The third kappa shape index (κ3) is 5.04. The van der Waals surface area contributed by atoms with Crippen LogP contribution in [0.2, 0.25) is 0 Å². The Morgan fingerprint density at radius 3 is 2.52 bits per heavy atom. The number of benzene rings is 1. The molecule has 9 nitrogen and oxygen atoms in total. The summed E-state index contributed by atoms with van der Waals surface area (Å²) in [5.74, 6) is -2.52. The summed E-state index contributed by atoms with van der Waals surface area (Å²) < 4.78 is 17.8. The molecule has 0 radical (unpaired) electrons. The monoisotopic (exact) mass is 582 g/mol. The molecule has 230 valence electrons. The molecule has 0 aromatic heterocycles. The maximum absolute atomic E-state index is 14.8. The van der Waals surface area contributed by atoms with E-state index in [1.54, 1.807) is 48.4 Å². The van der Waals surface area contributed by atoms with Gasteiger partial charge in [-0.3, -0.25) is 14.4 Å². The molecule has 9 heteroatoms. The van der Waals surface area contributed by atoms with Crippen LogP contribution in [0.25, 0.3) is 0 Å². The average molecular weight is 583 g/mol. The summed E-state index contributed by atoms with van der Waals surface area (Å²) in [4.78, 5) is 46.2. The number of unbranched alkanes of at least 4 members (excludes halogenated alkanes) is 1. The predicted octanol–water partition coefficient (Wildman–Crippen LogP) is 4.14. The first kappa shape index (κ1) is 31.8. The third-order valence-corrected chi connectivity index (χ3v) is 9.84. The molecule has 8 atom stereocenters. The van der Waals surface area contributed by atoms with Gasteiger partial charge in [0.2, 0.25) is 5.91 Å². The SMILES string of the molecule is C=CCCCOC(=O)[C@@H]1[C@H]2C(=O)N([C@@H](CO)[C@@H](C)CC)C(C(=O)N(CC=C)c3ccc(OC)cc3)C23CC(C)[C@@]1(C)O3. The van der Waals surface area contributed by atoms with Gasteiger partial charge >= 0.3 is 5.97 Å². The molecule has 3 heterocycles. The molecule has 1 aromatic rings. The molecule has 1 spiro atoms. The van der Waals surface area contributed by atoms with Crippen LogP contribution in [-0.4, -0.2) is 77.9 Å². The fourth-order valence-electron chi connectivity index (χ4n) is 7.34. The maximum Gasteiger partial charge on any atom is 0.312 e. The summed E-state index contributed by atoms with van der Waals surface area (Å²) in [6, 6.07) is 5.43. The maximum atomic E-state index is 14.8. The lowest BCUT2D eigenvalue weighted by Crippen LogP contribution is -2.60. The molecule has 0 saturated carbocycles. The van der Waals surface area contributed by atoms with Gasteiger partial charge in [0.25, 0.3) is 5.91 Å². The number of rotatable bonds is 14. The first-order valence-electron chi connectivity index (χ1n) is 15.0. The number of hydrogen-bond donors (Lipinski definition) is 1. The quantitative estimate of drug-likeness (QED) is 0.200. The summed E-state index contributed by atoms with van der Waals surface area (Å²) in [6.45, 7) is 15.5. The van der Waals surface area contributed by atoms with Crippen molar-refractivity contribution < 1.29 is 33.7 Å². The molecule has 3 unspecified atom stereocenters. The minimum atomic E-state index is -1.25. The van der Waals surface area contributed by atoms with Crippen molar-refractivity contribution in [3.8, 4) is 5.75 Å². The third-order valence-electron chi connectivity index (χ3n) is 9.84. The molecular weight excluding hydrogens is 536 g/mol. The lowest BCUT2D eigenvalue weighted by atomic mass is 9.62. The van der Waals surface area contributed by atoms with Gasteiger partial charge in [0.15, 0.2) is 0 Å². The number of hydrogen-bond acceptors (Lipinski definition) is 7. The number of likely N-dealkylation sites (tertiary alicyclic amines) is 1. The van der Waals surface area contributed by atoms with Crippen molar-refractivity contribution in [2.45, 2.75) is 76.7 Å². The van der Waals surface area contributed by atoms with E-state index in [1.165, 1.54) is 4.90 Å². The van der Waals surface area contributed by atoms with Gasteiger partial charge in [-0.1, -0.05) is 39.3 Å². The predicted molar refractivity (Wildman–Crippen MR) is 160 cm³/mol. The van der Waals surface area contributed by atoms with Crippen molar-refractivity contribution in [1.82, 2.24) is 4.90 Å². The molecule has 2 bridgehead atoms. The van der Waals surface area contributed by atoms with E-state index in [-0.39, 0.29) is 43.4 Å². The first-order chi connectivity index (χ1) is 20.1. The van der Waals surface area contributed by atoms with E-state index in [0.717, 1.165) is 0 Å². The molecule has 1 aromatic carbocycles. The highest BCUT2D eigenvalue weighted by Gasteiger charge is 2.81. The zero-order valence-electron chi connectivity index (χ0n) is 25.6. The van der Waals surface area contributed by atoms with Gasteiger partial charge in [0, 0.05) is 12.2 Å². The number of anilines is 1. The molecule has 3 saturated heterocycles. The van der Waals surface area contributed by atoms with Crippen LogP contribution in [0.15, 0.2) is 49.6 Å². The summed E-state index contributed by atoms with van der Waals surface area (Å²) in [7, 11) is 1.57. The second kappa shape index (κ2) is 12.6. The lowest BCUT2D eigenvalue weighted by Gasteiger charge is -2.41. The Labute approximate surface area is 249 Å². The summed E-state index contributed by atoms with van der Waals surface area (Å²) >= 11 is 0. The van der Waals surface area contributed by atoms with Crippen molar-refractivity contribution in [3.63, 3.8) is 0 Å². The molecular formula is C33H46N2O7. The Morgan fingerprint density at radius 2 is 1.95 bits per heavy atom. The Balaban J connectivity index is 1.83. The zero-order valence-corrected chi connectivity index (χ0v) is 25.6. The van der Waals surface area contributed by atoms with E-state index in [4.69, 9.17) is 14.2 Å². The largest absolute Gasteiger partial charge is 0.497 e. The fourth-order valence-corrected chi connectivity index (χ4v) is 7.34. The van der Waals surface area contributed by atoms with Gasteiger partial charge in [0.05, 0.1) is 37.9 Å². The van der Waals surface area contributed by atoms with Crippen LogP contribution in [0.3, 0.4) is 0 Å². The standard InChI is InChI=1S/C33H46N2O7/c1-8-11-12-18-41-31(39)27-26-29(37)35(25(20-36)21(4)10-3)28(33(26)19-22(5)32(27,6)42-33)30(38)34(17-9-2)23-13-15-24(40-7)16-14-23/h8-9,13-16,21-22,25-28,36H,1-2,10-12,17-20H2,3-7H3/t21-,22?,25-,26-,27-,28?,32+,33?/m0/s1. The number of carbonyl (C=O) groups is 3. The van der Waals surface area contributed by atoms with Gasteiger partial charge in [-0.15, -0.1) is 13.2 Å². The van der Waals surface area contributed by atoms with Gasteiger partial charge in [-0.05, 0) is 62.3 Å². The number of nitrogens with zero attached hydrogens (tertiary/aromatic N) is 2. The highest BCUT2D eigenvalue weighted by atomic mass is 16.6. The number of ether oxygens (including phenoxy) is 3. The minimum Gasteiger partial charge on any atom is -0.497 e. The summed E-state index contributed by atoms with van der Waals surface area (Å²) in [5.41, 5.74) is -1.61. The van der Waals surface area contributed by atoms with Gasteiger partial charge in [-0.25, -0.2) is 0 Å². The number of fused-ring (bicyclic) bond motifs is 1. The van der Waals surface area contributed by atoms with E-state index in [9.17, 15) is 19.5 Å². The van der Waals surface area contributed by atoms with Gasteiger partial charge in [-0.2, -0.15) is 0 Å². The van der Waals surface area contributed by atoms with E-state index >= 15 is 0 Å². The van der Waals surface area contributed by atoms with E-state index in [1.807, 2.05) is 27.7 Å². The molecule has 4 rings (SSSR count). The second-order valence-corrected chi connectivity index (χ2v) is 12.1. The van der Waals surface area contributed by atoms with Crippen LogP contribution in [0.4, 0.5) is 5.69 Å². The molecule has 1 N–H and O–H groups in total. The number of esters is 1. The Hall–Kier alpha value is -3.17. The van der Waals surface area contributed by atoms with Crippen molar-refractivity contribution in [3.05, 3.63) is 49.6 Å². The van der Waals surface area contributed by atoms with Crippen LogP contribution >= 0.6 is 0 Å². The Bertz CT molecular complexity index is 1190. The Kier molecular flexibility index (Phi) is 9.52. The normalized spacial score (nSPS) is 30.9. The number of methoxy groups -OCH3 is 1. The van der Waals surface area contributed by atoms with Crippen molar-refractivity contribution >= 4 is 23.5 Å². The van der Waals surface area contributed by atoms with E-state index < -0.39 is 41.1 Å². The van der Waals surface area contributed by atoms with Crippen LogP contribution in [-0.2, 0) is 23.9 Å². The fraction of sp³-hybridized carbons (Fsp3) is 0.606. The van der Waals surface area contributed by atoms with Crippen molar-refractivity contribution in [2.24, 2.45) is 23.7 Å². The van der Waals surface area contributed by atoms with Crippen LogP contribution in [0.1, 0.15) is 53.4 Å². The molecule has 3 fully saturated rings.